The number of nitrogens with one attached hydrogen (secondary N) is 2. The first-order valence-electron chi connectivity index (χ1n) is 7.92. The summed E-state index contributed by atoms with van der Waals surface area (Å²) in [4.78, 5) is 12.3. The highest BCUT2D eigenvalue weighted by molar-refractivity contribution is 7.89. The van der Waals surface area contributed by atoms with Crippen molar-refractivity contribution in [2.75, 3.05) is 12.4 Å². The highest BCUT2D eigenvalue weighted by Gasteiger charge is 2.22. The zero-order valence-electron chi connectivity index (χ0n) is 15.0. The SMILES string of the molecule is COc1ccc(C(=O)Nc2ccc(C)cc2F)cc1S(=O)(=O)NC(C)C. The van der Waals surface area contributed by atoms with Gasteiger partial charge in [0.1, 0.15) is 16.5 Å². The van der Waals surface area contributed by atoms with Gasteiger partial charge >= 0.3 is 0 Å². The predicted molar refractivity (Wildman–Crippen MR) is 97.5 cm³/mol. The maximum atomic E-state index is 13.9. The quantitative estimate of drug-likeness (QED) is 0.807. The molecule has 0 spiro atoms. The summed E-state index contributed by atoms with van der Waals surface area (Å²) in [6, 6.07) is 8.07. The Hall–Kier alpha value is -2.45. The minimum Gasteiger partial charge on any atom is -0.495 e. The van der Waals surface area contributed by atoms with Crippen LogP contribution in [0.4, 0.5) is 10.1 Å². The van der Waals surface area contributed by atoms with Gasteiger partial charge in [0.2, 0.25) is 10.0 Å². The number of hydrogen-bond acceptors (Lipinski definition) is 4. The minimum absolute atomic E-state index is 0.0149. The Bertz CT molecular complexity index is 927. The molecule has 0 radical (unpaired) electrons. The average molecular weight is 380 g/mol. The van der Waals surface area contributed by atoms with Crippen molar-refractivity contribution in [3.8, 4) is 5.75 Å². The van der Waals surface area contributed by atoms with Crippen molar-refractivity contribution < 1.29 is 22.3 Å². The molecule has 0 atom stereocenters. The number of ether oxygens (including phenoxy) is 1. The van der Waals surface area contributed by atoms with Crippen LogP contribution in [0.15, 0.2) is 41.3 Å². The summed E-state index contributed by atoms with van der Waals surface area (Å²) in [6.07, 6.45) is 0. The van der Waals surface area contributed by atoms with Gasteiger partial charge in [-0.3, -0.25) is 4.79 Å². The second-order valence-corrected chi connectivity index (χ2v) is 7.76. The van der Waals surface area contributed by atoms with Crippen LogP contribution in [0.3, 0.4) is 0 Å². The fraction of sp³-hybridized carbons (Fsp3) is 0.278. The molecule has 0 aliphatic rings. The maximum absolute atomic E-state index is 13.9. The Morgan fingerprint density at radius 1 is 1.15 bits per heavy atom. The Labute approximate surface area is 152 Å². The highest BCUT2D eigenvalue weighted by Crippen LogP contribution is 2.26. The van der Waals surface area contributed by atoms with Crippen LogP contribution in [0.2, 0.25) is 0 Å². The van der Waals surface area contributed by atoms with Gasteiger partial charge in [-0.25, -0.2) is 17.5 Å². The molecule has 0 aliphatic heterocycles. The first kappa shape index (κ1) is 19.9. The van der Waals surface area contributed by atoms with E-state index < -0.39 is 21.7 Å². The smallest absolute Gasteiger partial charge is 0.255 e. The molecular weight excluding hydrogens is 359 g/mol. The predicted octanol–water partition coefficient (Wildman–Crippen LogP) is 3.08. The van der Waals surface area contributed by atoms with Crippen LogP contribution in [0, 0.1) is 12.7 Å². The fourth-order valence-electron chi connectivity index (χ4n) is 2.32. The van der Waals surface area contributed by atoms with Gasteiger partial charge in [0.05, 0.1) is 12.8 Å². The largest absolute Gasteiger partial charge is 0.495 e. The Balaban J connectivity index is 2.38. The lowest BCUT2D eigenvalue weighted by atomic mass is 10.1. The van der Waals surface area contributed by atoms with E-state index in [9.17, 15) is 17.6 Å². The van der Waals surface area contributed by atoms with Crippen LogP contribution >= 0.6 is 0 Å². The second kappa shape index (κ2) is 7.84. The van der Waals surface area contributed by atoms with Crippen LogP contribution in [0.25, 0.3) is 0 Å². The van der Waals surface area contributed by atoms with E-state index in [1.807, 2.05) is 0 Å². The second-order valence-electron chi connectivity index (χ2n) is 6.08. The van der Waals surface area contributed by atoms with Gasteiger partial charge in [-0.2, -0.15) is 0 Å². The van der Waals surface area contributed by atoms with E-state index in [1.165, 1.54) is 37.4 Å². The standard InChI is InChI=1S/C18H21FN2O4S/c1-11(2)21-26(23,24)17-10-13(6-8-16(17)25-4)18(22)20-15-7-5-12(3)9-14(15)19/h5-11,21H,1-4H3,(H,20,22). The number of halogens is 1. The molecule has 8 heteroatoms. The van der Waals surface area contributed by atoms with Crippen LogP contribution in [0.1, 0.15) is 29.8 Å². The number of hydrogen-bond donors (Lipinski definition) is 2. The van der Waals surface area contributed by atoms with Crippen molar-refractivity contribution in [1.29, 1.82) is 0 Å². The van der Waals surface area contributed by atoms with E-state index >= 15 is 0 Å². The molecule has 1 amide bonds. The lowest BCUT2D eigenvalue weighted by molar-refractivity contribution is 0.102. The minimum atomic E-state index is -3.87. The normalized spacial score (nSPS) is 11.5. The van der Waals surface area contributed by atoms with Gasteiger partial charge < -0.3 is 10.1 Å². The summed E-state index contributed by atoms with van der Waals surface area (Å²) in [7, 11) is -2.54. The monoisotopic (exact) mass is 380 g/mol. The molecule has 0 fully saturated rings. The maximum Gasteiger partial charge on any atom is 0.255 e. The third-order valence-electron chi connectivity index (χ3n) is 3.48. The molecule has 2 N–H and O–H groups in total. The number of carbonyl (C=O) groups is 1. The molecule has 0 aromatic heterocycles. The molecule has 0 heterocycles. The van der Waals surface area contributed by atoms with E-state index in [1.54, 1.807) is 26.8 Å². The lowest BCUT2D eigenvalue weighted by Crippen LogP contribution is -2.30. The summed E-state index contributed by atoms with van der Waals surface area (Å²) in [5, 5.41) is 2.44. The molecule has 0 aliphatic carbocycles. The highest BCUT2D eigenvalue weighted by atomic mass is 32.2. The van der Waals surface area contributed by atoms with Crippen molar-refractivity contribution in [2.24, 2.45) is 0 Å². The van der Waals surface area contributed by atoms with Gasteiger partial charge in [0.25, 0.3) is 5.91 Å². The third kappa shape index (κ3) is 4.59. The fourth-order valence-corrected chi connectivity index (χ4v) is 3.76. The molecule has 6 nitrogen and oxygen atoms in total. The van der Waals surface area contributed by atoms with E-state index in [4.69, 9.17) is 4.74 Å². The van der Waals surface area contributed by atoms with Crippen LogP contribution in [-0.4, -0.2) is 27.5 Å². The van der Waals surface area contributed by atoms with Crippen LogP contribution in [0.5, 0.6) is 5.75 Å². The summed E-state index contributed by atoms with van der Waals surface area (Å²) < 4.78 is 46.4. The van der Waals surface area contributed by atoms with Crippen LogP contribution < -0.4 is 14.8 Å². The molecule has 2 rings (SSSR count). The third-order valence-corrected chi connectivity index (χ3v) is 5.16. The zero-order valence-corrected chi connectivity index (χ0v) is 15.8. The van der Waals surface area contributed by atoms with Crippen molar-refractivity contribution in [1.82, 2.24) is 4.72 Å². The molecule has 0 saturated heterocycles. The molecule has 2 aromatic carbocycles. The molecule has 26 heavy (non-hydrogen) atoms. The van der Waals surface area contributed by atoms with Crippen molar-refractivity contribution in [2.45, 2.75) is 31.7 Å². The first-order valence-corrected chi connectivity index (χ1v) is 9.40. The molecule has 0 bridgehead atoms. The molecule has 0 unspecified atom stereocenters. The number of amides is 1. The summed E-state index contributed by atoms with van der Waals surface area (Å²) >= 11 is 0. The number of carbonyl (C=O) groups excluding carboxylic acids is 1. The summed E-state index contributed by atoms with van der Waals surface area (Å²) in [5.41, 5.74) is 0.800. The van der Waals surface area contributed by atoms with E-state index in [0.717, 1.165) is 5.56 Å². The molecule has 140 valence electrons. The van der Waals surface area contributed by atoms with Crippen LogP contribution in [-0.2, 0) is 10.0 Å². The average Bonchev–Trinajstić information content (AvgIpc) is 2.55. The summed E-state index contributed by atoms with van der Waals surface area (Å²) in [6.45, 7) is 5.10. The number of anilines is 1. The summed E-state index contributed by atoms with van der Waals surface area (Å²) in [5.74, 6) is -1.09. The number of benzene rings is 2. The Morgan fingerprint density at radius 3 is 2.42 bits per heavy atom. The van der Waals surface area contributed by atoms with E-state index in [-0.39, 0.29) is 27.9 Å². The van der Waals surface area contributed by atoms with Gasteiger partial charge in [-0.05, 0) is 56.7 Å². The Morgan fingerprint density at radius 2 is 1.85 bits per heavy atom. The van der Waals surface area contributed by atoms with Gasteiger partial charge in [0.15, 0.2) is 0 Å². The van der Waals surface area contributed by atoms with Crippen molar-refractivity contribution >= 4 is 21.6 Å². The lowest BCUT2D eigenvalue weighted by Gasteiger charge is -2.14. The molecule has 2 aromatic rings. The Kier molecular flexibility index (Phi) is 5.99. The topological polar surface area (TPSA) is 84.5 Å². The number of methoxy groups -OCH3 is 1. The van der Waals surface area contributed by atoms with Gasteiger partial charge in [-0.1, -0.05) is 6.07 Å². The molecule has 0 saturated carbocycles. The van der Waals surface area contributed by atoms with Crippen molar-refractivity contribution in [3.63, 3.8) is 0 Å². The van der Waals surface area contributed by atoms with Gasteiger partial charge in [-0.15, -0.1) is 0 Å². The van der Waals surface area contributed by atoms with E-state index in [2.05, 4.69) is 10.0 Å². The van der Waals surface area contributed by atoms with E-state index in [0.29, 0.717) is 0 Å². The zero-order chi connectivity index (χ0) is 19.5. The number of sulfonamides is 1. The first-order chi connectivity index (χ1) is 12.1. The van der Waals surface area contributed by atoms with Gasteiger partial charge in [0, 0.05) is 11.6 Å². The van der Waals surface area contributed by atoms with Crippen molar-refractivity contribution in [3.05, 3.63) is 53.3 Å². The number of rotatable bonds is 6. The number of aryl methyl sites for hydroxylation is 1. The molecular formula is C18H21FN2O4S.